The molecule has 82 valence electrons. The third-order valence-electron chi connectivity index (χ3n) is 1.94. The predicted octanol–water partition coefficient (Wildman–Crippen LogP) is 3.30. The maximum atomic E-state index is 11.9. The van der Waals surface area contributed by atoms with Crippen LogP contribution in [0.15, 0.2) is 28.7 Å². The monoisotopic (exact) mass is 333 g/mol. The minimum Gasteiger partial charge on any atom is -0.341 e. The van der Waals surface area contributed by atoms with Gasteiger partial charge in [-0.1, -0.05) is 44.8 Å². The molecule has 0 aliphatic carbocycles. The number of halogens is 2. The van der Waals surface area contributed by atoms with Gasteiger partial charge in [-0.25, -0.2) is 0 Å². The fraction of sp³-hybridized carbons (Fsp3) is 0.364. The second-order valence-corrected chi connectivity index (χ2v) is 5.96. The highest BCUT2D eigenvalue weighted by Gasteiger charge is 2.12. The summed E-state index contributed by atoms with van der Waals surface area (Å²) in [6, 6.07) is 7.42. The smallest absolute Gasteiger partial charge is 0.253 e. The minimum absolute atomic E-state index is 0.0441. The number of rotatable bonds is 3. The van der Waals surface area contributed by atoms with Crippen LogP contribution in [0.3, 0.4) is 0 Å². The van der Waals surface area contributed by atoms with Crippen LogP contribution in [0.4, 0.5) is 0 Å². The molecule has 0 N–H and O–H groups in total. The molecule has 1 unspecified atom stereocenters. The van der Waals surface area contributed by atoms with E-state index >= 15 is 0 Å². The lowest BCUT2D eigenvalue weighted by Gasteiger charge is -2.18. The fourth-order valence-corrected chi connectivity index (χ4v) is 2.14. The van der Waals surface area contributed by atoms with Gasteiger partial charge in [0.15, 0.2) is 0 Å². The Bertz CT molecular complexity index is 352. The Labute approximate surface area is 107 Å². The Hall–Kier alpha value is -0.350. The summed E-state index contributed by atoms with van der Waals surface area (Å²) in [7, 11) is 1.81. The first-order valence-corrected chi connectivity index (χ1v) is 6.36. The summed E-state index contributed by atoms with van der Waals surface area (Å²) in [4.78, 5) is 13.9. The first kappa shape index (κ1) is 12.7. The van der Waals surface area contributed by atoms with Crippen molar-refractivity contribution < 1.29 is 4.79 Å². The zero-order valence-electron chi connectivity index (χ0n) is 8.71. The van der Waals surface area contributed by atoms with Gasteiger partial charge >= 0.3 is 0 Å². The van der Waals surface area contributed by atoms with Crippen molar-refractivity contribution in [2.75, 3.05) is 13.6 Å². The molecule has 0 aliphatic heterocycles. The maximum absolute atomic E-state index is 11.9. The molecule has 0 heterocycles. The number of carbonyl (C=O) groups is 1. The summed E-state index contributed by atoms with van der Waals surface area (Å²) in [5.74, 6) is 0.0441. The Morgan fingerprint density at radius 2 is 2.20 bits per heavy atom. The zero-order valence-corrected chi connectivity index (χ0v) is 11.9. The Kier molecular flexibility index (Phi) is 4.80. The van der Waals surface area contributed by atoms with Gasteiger partial charge < -0.3 is 4.90 Å². The van der Waals surface area contributed by atoms with Gasteiger partial charge in [0, 0.05) is 28.5 Å². The molecular weight excluding hydrogens is 322 g/mol. The van der Waals surface area contributed by atoms with Crippen LogP contribution < -0.4 is 0 Å². The molecule has 0 saturated carbocycles. The molecule has 1 atom stereocenters. The van der Waals surface area contributed by atoms with Crippen molar-refractivity contribution in [2.45, 2.75) is 11.8 Å². The second kappa shape index (κ2) is 5.66. The van der Waals surface area contributed by atoms with Crippen LogP contribution in [0.25, 0.3) is 0 Å². The molecule has 0 aliphatic rings. The van der Waals surface area contributed by atoms with E-state index in [-0.39, 0.29) is 5.91 Å². The van der Waals surface area contributed by atoms with Crippen molar-refractivity contribution in [1.82, 2.24) is 4.90 Å². The number of carbonyl (C=O) groups excluding carboxylic acids is 1. The molecular formula is C11H13Br2NO. The lowest BCUT2D eigenvalue weighted by molar-refractivity contribution is 0.0797. The van der Waals surface area contributed by atoms with Gasteiger partial charge in [0.25, 0.3) is 5.91 Å². The molecule has 0 spiro atoms. The lowest BCUT2D eigenvalue weighted by Crippen LogP contribution is -2.31. The highest BCUT2D eigenvalue weighted by atomic mass is 79.9. The predicted molar refractivity (Wildman–Crippen MR) is 69.5 cm³/mol. The van der Waals surface area contributed by atoms with E-state index in [2.05, 4.69) is 31.9 Å². The number of nitrogens with zero attached hydrogens (tertiary/aromatic N) is 1. The van der Waals surface area contributed by atoms with Gasteiger partial charge in [-0.05, 0) is 18.2 Å². The van der Waals surface area contributed by atoms with Crippen LogP contribution in [0, 0.1) is 0 Å². The molecule has 0 radical (unpaired) electrons. The van der Waals surface area contributed by atoms with Crippen molar-refractivity contribution in [1.29, 1.82) is 0 Å². The summed E-state index contributed by atoms with van der Waals surface area (Å²) in [5, 5.41) is 0. The van der Waals surface area contributed by atoms with E-state index in [9.17, 15) is 4.79 Å². The number of benzene rings is 1. The summed E-state index contributed by atoms with van der Waals surface area (Å²) >= 11 is 6.78. The highest BCUT2D eigenvalue weighted by molar-refractivity contribution is 9.10. The molecule has 0 fully saturated rings. The minimum atomic E-state index is 0.0441. The third-order valence-corrected chi connectivity index (χ3v) is 2.73. The maximum Gasteiger partial charge on any atom is 0.253 e. The SMILES string of the molecule is CC(Br)CN(C)C(=O)c1cccc(Br)c1. The molecule has 0 bridgehead atoms. The Balaban J connectivity index is 2.76. The van der Waals surface area contributed by atoms with Crippen LogP contribution in [0.2, 0.25) is 0 Å². The van der Waals surface area contributed by atoms with E-state index in [4.69, 9.17) is 0 Å². The van der Waals surface area contributed by atoms with Crippen LogP contribution >= 0.6 is 31.9 Å². The summed E-state index contributed by atoms with van der Waals surface area (Å²) in [6.45, 7) is 2.72. The standard InChI is InChI=1S/C11H13Br2NO/c1-8(12)7-14(2)11(15)9-4-3-5-10(13)6-9/h3-6,8H,7H2,1-2H3. The van der Waals surface area contributed by atoms with Gasteiger partial charge in [0.05, 0.1) is 0 Å². The van der Waals surface area contributed by atoms with Crippen molar-refractivity contribution in [3.05, 3.63) is 34.3 Å². The molecule has 0 aromatic heterocycles. The van der Waals surface area contributed by atoms with Crippen LogP contribution in [-0.4, -0.2) is 29.2 Å². The molecule has 4 heteroatoms. The first-order valence-electron chi connectivity index (χ1n) is 4.66. The first-order chi connectivity index (χ1) is 7.00. The number of hydrogen-bond donors (Lipinski definition) is 0. The topological polar surface area (TPSA) is 20.3 Å². The summed E-state index contributed by atoms with van der Waals surface area (Å²) in [6.07, 6.45) is 0. The molecule has 1 rings (SSSR count). The van der Waals surface area contributed by atoms with Gasteiger partial charge in [0.2, 0.25) is 0 Å². The number of hydrogen-bond acceptors (Lipinski definition) is 1. The lowest BCUT2D eigenvalue weighted by atomic mass is 10.2. The van der Waals surface area contributed by atoms with E-state index in [1.165, 1.54) is 0 Å². The van der Waals surface area contributed by atoms with E-state index in [0.29, 0.717) is 16.9 Å². The largest absolute Gasteiger partial charge is 0.341 e. The van der Waals surface area contributed by atoms with Crippen LogP contribution in [-0.2, 0) is 0 Å². The molecule has 1 aromatic rings. The van der Waals surface area contributed by atoms with Gasteiger partial charge in [-0.2, -0.15) is 0 Å². The molecule has 2 nitrogen and oxygen atoms in total. The van der Waals surface area contributed by atoms with Crippen molar-refractivity contribution in [2.24, 2.45) is 0 Å². The van der Waals surface area contributed by atoms with E-state index in [0.717, 1.165) is 4.47 Å². The Morgan fingerprint density at radius 3 is 2.73 bits per heavy atom. The normalized spacial score (nSPS) is 12.3. The number of alkyl halides is 1. The van der Waals surface area contributed by atoms with Gasteiger partial charge in [-0.3, -0.25) is 4.79 Å². The van der Waals surface area contributed by atoms with Crippen molar-refractivity contribution in [3.8, 4) is 0 Å². The van der Waals surface area contributed by atoms with E-state index in [1.807, 2.05) is 31.2 Å². The average molecular weight is 335 g/mol. The third kappa shape index (κ3) is 3.95. The average Bonchev–Trinajstić information content (AvgIpc) is 2.15. The van der Waals surface area contributed by atoms with Gasteiger partial charge in [0.1, 0.15) is 0 Å². The van der Waals surface area contributed by atoms with Crippen LogP contribution in [0.1, 0.15) is 17.3 Å². The van der Waals surface area contributed by atoms with E-state index in [1.54, 1.807) is 11.9 Å². The van der Waals surface area contributed by atoms with Gasteiger partial charge in [-0.15, -0.1) is 0 Å². The van der Waals surface area contributed by atoms with Crippen molar-refractivity contribution in [3.63, 3.8) is 0 Å². The molecule has 1 amide bonds. The van der Waals surface area contributed by atoms with Crippen LogP contribution in [0.5, 0.6) is 0 Å². The molecule has 15 heavy (non-hydrogen) atoms. The Morgan fingerprint density at radius 1 is 1.53 bits per heavy atom. The second-order valence-electron chi connectivity index (χ2n) is 3.48. The molecule has 0 saturated heterocycles. The van der Waals surface area contributed by atoms with Crippen molar-refractivity contribution >= 4 is 37.8 Å². The zero-order chi connectivity index (χ0) is 11.4. The quantitative estimate of drug-likeness (QED) is 0.777. The summed E-state index contributed by atoms with van der Waals surface area (Å²) < 4.78 is 0.925. The highest BCUT2D eigenvalue weighted by Crippen LogP contribution is 2.13. The molecule has 1 aromatic carbocycles. The summed E-state index contributed by atoms with van der Waals surface area (Å²) in [5.41, 5.74) is 0.708. The fourth-order valence-electron chi connectivity index (χ4n) is 1.30. The number of amides is 1. The van der Waals surface area contributed by atoms with E-state index < -0.39 is 0 Å².